The third-order valence-corrected chi connectivity index (χ3v) is 7.81. The van der Waals surface area contributed by atoms with Gasteiger partial charge < -0.3 is 0 Å². The molecule has 1 heterocycles. The molecular formula is C16H16INS. The smallest absolute Gasteiger partial charge is 0.0808 e. The highest BCUT2D eigenvalue weighted by molar-refractivity contribution is 14.2. The molecule has 0 aromatic heterocycles. The third kappa shape index (κ3) is 2.17. The monoisotopic (exact) mass is 381 g/mol. The zero-order chi connectivity index (χ0) is 13.4. The van der Waals surface area contributed by atoms with Crippen LogP contribution in [-0.4, -0.2) is 0 Å². The average molecular weight is 381 g/mol. The number of nitrogens with zero attached hydrogens (tertiary/aromatic N) is 1. The first kappa shape index (κ1) is 13.3. The minimum Gasteiger partial charge on any atom is -0.246 e. The van der Waals surface area contributed by atoms with Crippen LogP contribution in [0.15, 0.2) is 46.3 Å². The van der Waals surface area contributed by atoms with Gasteiger partial charge in [0, 0.05) is 9.41 Å². The molecular weight excluding hydrogens is 365 g/mol. The average Bonchev–Trinajstić information content (AvgIpc) is 2.46. The summed E-state index contributed by atoms with van der Waals surface area (Å²) in [5.74, 6) is 0. The number of hydrogen-bond donors (Lipinski definition) is 0. The lowest BCUT2D eigenvalue weighted by atomic mass is 10.1. The number of fused-ring (bicyclic) bond motifs is 2. The molecule has 0 radical (unpaired) electrons. The van der Waals surface area contributed by atoms with Gasteiger partial charge in [0.05, 0.1) is 11.0 Å². The Balaban J connectivity index is 2.44. The molecule has 1 aliphatic rings. The van der Waals surface area contributed by atoms with Crippen LogP contribution in [-0.2, 0) is 12.8 Å². The van der Waals surface area contributed by atoms with E-state index in [0.29, 0.717) is 0 Å². The van der Waals surface area contributed by atoms with E-state index in [0.717, 1.165) is 12.8 Å². The van der Waals surface area contributed by atoms with Crippen molar-refractivity contribution in [2.75, 3.05) is 0 Å². The lowest BCUT2D eigenvalue weighted by molar-refractivity contribution is 1.06. The molecule has 0 amide bonds. The highest BCUT2D eigenvalue weighted by Crippen LogP contribution is 2.45. The number of rotatable bonds is 2. The molecule has 98 valence electrons. The van der Waals surface area contributed by atoms with Crippen molar-refractivity contribution in [1.29, 1.82) is 0 Å². The predicted octanol–water partition coefficient (Wildman–Crippen LogP) is 5.00. The van der Waals surface area contributed by atoms with E-state index in [1.807, 2.05) is 0 Å². The first-order valence-electron chi connectivity index (χ1n) is 6.62. The van der Waals surface area contributed by atoms with E-state index >= 15 is 0 Å². The van der Waals surface area contributed by atoms with E-state index < -0.39 is 0 Å². The second-order valence-electron chi connectivity index (χ2n) is 4.60. The number of para-hydroxylation sites is 2. The van der Waals surface area contributed by atoms with Crippen molar-refractivity contribution in [3.05, 3.63) is 57.4 Å². The molecule has 0 saturated carbocycles. The molecule has 2 aromatic rings. The lowest BCUT2D eigenvalue weighted by Gasteiger charge is -2.15. The first-order chi connectivity index (χ1) is 9.26. The quantitative estimate of drug-likeness (QED) is 0.513. The number of halogens is 1. The van der Waals surface area contributed by atoms with Crippen LogP contribution in [0.4, 0.5) is 5.69 Å². The summed E-state index contributed by atoms with van der Waals surface area (Å²) in [4.78, 5) is 6.39. The van der Waals surface area contributed by atoms with Gasteiger partial charge in [-0.3, -0.25) is 0 Å². The Bertz CT molecular complexity index is 765. The molecule has 0 N–H and O–H groups in total. The van der Waals surface area contributed by atoms with E-state index in [4.69, 9.17) is 4.99 Å². The third-order valence-electron chi connectivity index (χ3n) is 3.54. The zero-order valence-electron chi connectivity index (χ0n) is 11.1. The Morgan fingerprint density at radius 2 is 1.68 bits per heavy atom. The van der Waals surface area contributed by atoms with Gasteiger partial charge in [-0.05, 0) is 57.3 Å². The number of hydrogen-bond acceptors (Lipinski definition) is 1. The molecule has 2 aromatic carbocycles. The fraction of sp³-hybridized carbons (Fsp3) is 0.250. The van der Waals surface area contributed by atoms with Gasteiger partial charge in [-0.15, -0.1) is 0 Å². The van der Waals surface area contributed by atoms with Crippen LogP contribution in [0.2, 0.25) is 0 Å². The van der Waals surface area contributed by atoms with Gasteiger partial charge in [-0.25, -0.2) is 4.99 Å². The van der Waals surface area contributed by atoms with Gasteiger partial charge in [-0.1, -0.05) is 45.8 Å². The first-order valence-corrected chi connectivity index (χ1v) is 10.4. The summed E-state index contributed by atoms with van der Waals surface area (Å²) >= 11 is 2.57. The second-order valence-corrected chi connectivity index (χ2v) is 8.64. The highest BCUT2D eigenvalue weighted by atomic mass is 127. The molecule has 1 nitrogen and oxygen atoms in total. The van der Waals surface area contributed by atoms with Gasteiger partial charge in [0.15, 0.2) is 0 Å². The molecule has 0 saturated heterocycles. The minimum absolute atomic E-state index is 0.112. The van der Waals surface area contributed by atoms with Crippen molar-refractivity contribution >= 4 is 34.5 Å². The molecule has 1 aliphatic heterocycles. The molecule has 0 aliphatic carbocycles. The van der Waals surface area contributed by atoms with E-state index in [2.05, 4.69) is 71.5 Å². The van der Waals surface area contributed by atoms with Crippen LogP contribution >= 0.6 is 28.9 Å². The van der Waals surface area contributed by atoms with Crippen molar-refractivity contribution in [2.24, 2.45) is 4.99 Å². The van der Waals surface area contributed by atoms with Gasteiger partial charge in [0.25, 0.3) is 0 Å². The standard InChI is InChI=1S/C16H16INS/c1-3-11-7-5-9-13-15(11)18-16-12(4-2)8-6-10-14(16)19(13)17/h5-10H,3-4H2,1-2H3. The van der Waals surface area contributed by atoms with Crippen molar-refractivity contribution in [3.63, 3.8) is 0 Å². The molecule has 1 atom stereocenters. The second kappa shape index (κ2) is 5.37. The van der Waals surface area contributed by atoms with E-state index in [1.165, 1.54) is 31.6 Å². The molecule has 3 rings (SSSR count). The van der Waals surface area contributed by atoms with Crippen LogP contribution in [0.25, 0.3) is 0 Å². The molecule has 1 unspecified atom stereocenters. The summed E-state index contributed by atoms with van der Waals surface area (Å²) in [5, 5.41) is 1.22. The topological polar surface area (TPSA) is 12.4 Å². The Kier molecular flexibility index (Phi) is 3.76. The van der Waals surface area contributed by atoms with Crippen LogP contribution < -0.4 is 5.36 Å². The molecule has 3 heteroatoms. The Morgan fingerprint density at radius 1 is 1.00 bits per heavy atom. The molecule has 0 bridgehead atoms. The van der Waals surface area contributed by atoms with Gasteiger partial charge in [0.1, 0.15) is 0 Å². The summed E-state index contributed by atoms with van der Waals surface area (Å²) in [6.45, 7) is 4.41. The Labute approximate surface area is 128 Å². The fourth-order valence-electron chi connectivity index (χ4n) is 2.48. The van der Waals surface area contributed by atoms with E-state index in [1.54, 1.807) is 0 Å². The Morgan fingerprint density at radius 3 is 2.42 bits per heavy atom. The van der Waals surface area contributed by atoms with Gasteiger partial charge in [-0.2, -0.15) is 0 Å². The summed E-state index contributed by atoms with van der Waals surface area (Å²) in [6, 6.07) is 13.2. The molecule has 0 fully saturated rings. The van der Waals surface area contributed by atoms with Crippen molar-refractivity contribution in [3.8, 4) is 0 Å². The maximum atomic E-state index is 5.00. The maximum Gasteiger partial charge on any atom is 0.0808 e. The van der Waals surface area contributed by atoms with Crippen LogP contribution in [0.1, 0.15) is 25.0 Å². The van der Waals surface area contributed by atoms with E-state index in [-0.39, 0.29) is 7.66 Å². The molecule has 0 spiro atoms. The largest absolute Gasteiger partial charge is 0.246 e. The van der Waals surface area contributed by atoms with E-state index in [9.17, 15) is 0 Å². The van der Waals surface area contributed by atoms with Crippen molar-refractivity contribution in [1.82, 2.24) is 0 Å². The van der Waals surface area contributed by atoms with Crippen LogP contribution in [0.3, 0.4) is 0 Å². The summed E-state index contributed by atoms with van der Waals surface area (Å²) in [7, 11) is 0.112. The highest BCUT2D eigenvalue weighted by Gasteiger charge is 2.14. The zero-order valence-corrected chi connectivity index (χ0v) is 14.1. The van der Waals surface area contributed by atoms with Crippen molar-refractivity contribution in [2.45, 2.75) is 31.6 Å². The fourth-order valence-corrected chi connectivity index (χ4v) is 5.94. The summed E-state index contributed by atoms with van der Waals surface area (Å²) in [5.41, 5.74) is 3.95. The minimum atomic E-state index is 0.112. The normalized spacial score (nSPS) is 16.5. The van der Waals surface area contributed by atoms with Crippen molar-refractivity contribution < 1.29 is 0 Å². The van der Waals surface area contributed by atoms with Crippen LogP contribution in [0.5, 0.6) is 0 Å². The number of aryl methyl sites for hydroxylation is 2. The molecule has 19 heavy (non-hydrogen) atoms. The summed E-state index contributed by atoms with van der Waals surface area (Å²) < 4.78 is 1.39. The van der Waals surface area contributed by atoms with Gasteiger partial charge >= 0.3 is 0 Å². The van der Waals surface area contributed by atoms with Gasteiger partial charge in [0.2, 0.25) is 0 Å². The predicted molar refractivity (Wildman–Crippen MR) is 91.2 cm³/mol. The number of benzene rings is 2. The maximum absolute atomic E-state index is 5.00. The SMILES string of the molecule is CCc1cccc2c1N=c1c(CC)cccc1=S2I. The summed E-state index contributed by atoms with van der Waals surface area (Å²) in [6.07, 6.45) is 2.09. The van der Waals surface area contributed by atoms with Crippen LogP contribution in [0, 0.1) is 4.51 Å². The lowest BCUT2D eigenvalue weighted by Crippen LogP contribution is -2.12. The Hall–Kier alpha value is -0.680.